The quantitative estimate of drug-likeness (QED) is 0.766. The number of imidazole rings is 1. The molecule has 2 aromatic heterocycles. The average Bonchev–Trinajstić information content (AvgIpc) is 3.03. The predicted octanol–water partition coefficient (Wildman–Crippen LogP) is 1.83. The highest BCUT2D eigenvalue weighted by Crippen LogP contribution is 2.21. The van der Waals surface area contributed by atoms with Gasteiger partial charge in [-0.05, 0) is 30.3 Å². The molecule has 3 aromatic rings. The second-order valence-corrected chi connectivity index (χ2v) is 6.45. The molecule has 3 rings (SSSR count). The molecule has 0 bridgehead atoms. The molecule has 0 spiro atoms. The molecule has 0 fully saturated rings. The minimum atomic E-state index is -3.30. The molecule has 0 radical (unpaired) electrons. The van der Waals surface area contributed by atoms with Gasteiger partial charge in [0.25, 0.3) is 0 Å². The van der Waals surface area contributed by atoms with E-state index in [1.807, 2.05) is 0 Å². The standard InChI is InChI=1S/C14H13N5O3S/c1-23(20,21)18-11-2-4-12(5-3-11)22-14-7-6-13(16-17-14)19-9-8-15-10-19/h2-10,18H,1H3. The summed E-state index contributed by atoms with van der Waals surface area (Å²) in [5, 5.41) is 8.02. The Kier molecular flexibility index (Phi) is 3.94. The van der Waals surface area contributed by atoms with Crippen molar-refractivity contribution in [1.82, 2.24) is 19.7 Å². The van der Waals surface area contributed by atoms with Crippen molar-refractivity contribution in [2.45, 2.75) is 0 Å². The van der Waals surface area contributed by atoms with Gasteiger partial charge in [0.15, 0.2) is 5.82 Å². The van der Waals surface area contributed by atoms with Gasteiger partial charge >= 0.3 is 0 Å². The molecule has 0 aliphatic heterocycles. The topological polar surface area (TPSA) is 99.0 Å². The molecule has 9 heteroatoms. The van der Waals surface area contributed by atoms with Gasteiger partial charge in [0.05, 0.1) is 6.26 Å². The van der Waals surface area contributed by atoms with Gasteiger partial charge in [-0.3, -0.25) is 9.29 Å². The third-order valence-corrected chi connectivity index (χ3v) is 3.38. The molecule has 0 aliphatic rings. The molecule has 0 saturated carbocycles. The zero-order valence-electron chi connectivity index (χ0n) is 12.1. The first-order valence-electron chi connectivity index (χ1n) is 6.57. The number of sulfonamides is 1. The van der Waals surface area contributed by atoms with E-state index in [0.29, 0.717) is 23.1 Å². The molecule has 0 saturated heterocycles. The molecule has 1 N–H and O–H groups in total. The maximum absolute atomic E-state index is 11.1. The number of hydrogen-bond acceptors (Lipinski definition) is 6. The Labute approximate surface area is 132 Å². The summed E-state index contributed by atoms with van der Waals surface area (Å²) < 4.78 is 31.9. The lowest BCUT2D eigenvalue weighted by atomic mass is 10.3. The van der Waals surface area contributed by atoms with Crippen LogP contribution in [0.2, 0.25) is 0 Å². The summed E-state index contributed by atoms with van der Waals surface area (Å²) in [5.74, 6) is 1.48. The summed E-state index contributed by atoms with van der Waals surface area (Å²) in [6, 6.07) is 9.92. The van der Waals surface area contributed by atoms with Crippen LogP contribution < -0.4 is 9.46 Å². The van der Waals surface area contributed by atoms with E-state index in [1.165, 1.54) is 0 Å². The SMILES string of the molecule is CS(=O)(=O)Nc1ccc(Oc2ccc(-n3ccnc3)nn2)cc1. The molecular formula is C14H13N5O3S. The summed E-state index contributed by atoms with van der Waals surface area (Å²) in [5.41, 5.74) is 0.460. The van der Waals surface area contributed by atoms with E-state index < -0.39 is 10.0 Å². The first-order chi connectivity index (χ1) is 11.0. The van der Waals surface area contributed by atoms with Crippen LogP contribution in [0, 0.1) is 0 Å². The number of nitrogens with one attached hydrogen (secondary N) is 1. The minimum absolute atomic E-state index is 0.331. The fourth-order valence-corrected chi connectivity index (χ4v) is 2.39. The van der Waals surface area contributed by atoms with Crippen molar-refractivity contribution < 1.29 is 13.2 Å². The minimum Gasteiger partial charge on any atom is -0.438 e. The monoisotopic (exact) mass is 331 g/mol. The lowest BCUT2D eigenvalue weighted by Gasteiger charge is -2.07. The van der Waals surface area contributed by atoms with Crippen LogP contribution in [0.1, 0.15) is 0 Å². The van der Waals surface area contributed by atoms with Gasteiger partial charge < -0.3 is 4.74 Å². The number of rotatable bonds is 5. The first-order valence-corrected chi connectivity index (χ1v) is 8.46. The third-order valence-electron chi connectivity index (χ3n) is 2.77. The Morgan fingerprint density at radius 1 is 1.09 bits per heavy atom. The highest BCUT2D eigenvalue weighted by atomic mass is 32.2. The van der Waals surface area contributed by atoms with Crippen molar-refractivity contribution in [2.75, 3.05) is 11.0 Å². The summed E-state index contributed by atoms with van der Waals surface area (Å²) in [7, 11) is -3.30. The van der Waals surface area contributed by atoms with Gasteiger partial charge in [-0.2, -0.15) is 0 Å². The fraction of sp³-hybridized carbons (Fsp3) is 0.0714. The van der Waals surface area contributed by atoms with Gasteiger partial charge in [-0.15, -0.1) is 10.2 Å². The van der Waals surface area contributed by atoms with Crippen molar-refractivity contribution in [3.05, 3.63) is 55.1 Å². The average molecular weight is 331 g/mol. The van der Waals surface area contributed by atoms with E-state index in [-0.39, 0.29) is 0 Å². The summed E-state index contributed by atoms with van der Waals surface area (Å²) >= 11 is 0. The van der Waals surface area contributed by atoms with E-state index in [4.69, 9.17) is 4.74 Å². The van der Waals surface area contributed by atoms with E-state index in [2.05, 4.69) is 19.9 Å². The highest BCUT2D eigenvalue weighted by molar-refractivity contribution is 7.92. The van der Waals surface area contributed by atoms with Gasteiger partial charge in [0.1, 0.15) is 12.1 Å². The van der Waals surface area contributed by atoms with Crippen LogP contribution >= 0.6 is 0 Å². The number of nitrogens with zero attached hydrogens (tertiary/aromatic N) is 4. The van der Waals surface area contributed by atoms with E-state index in [9.17, 15) is 8.42 Å². The predicted molar refractivity (Wildman–Crippen MR) is 84.1 cm³/mol. The Hall–Kier alpha value is -2.94. The number of anilines is 1. The van der Waals surface area contributed by atoms with Crippen LogP contribution in [-0.4, -0.2) is 34.4 Å². The Morgan fingerprint density at radius 3 is 2.43 bits per heavy atom. The Morgan fingerprint density at radius 2 is 1.87 bits per heavy atom. The molecule has 0 aliphatic carbocycles. The van der Waals surface area contributed by atoms with Crippen molar-refractivity contribution in [3.8, 4) is 17.4 Å². The molecule has 0 atom stereocenters. The van der Waals surface area contributed by atoms with Gasteiger partial charge in [0.2, 0.25) is 15.9 Å². The molecule has 23 heavy (non-hydrogen) atoms. The maximum atomic E-state index is 11.1. The molecular weight excluding hydrogens is 318 g/mol. The molecule has 2 heterocycles. The molecule has 0 amide bonds. The van der Waals surface area contributed by atoms with Crippen molar-refractivity contribution in [2.24, 2.45) is 0 Å². The maximum Gasteiger partial charge on any atom is 0.238 e. The lowest BCUT2D eigenvalue weighted by molar-refractivity contribution is 0.454. The van der Waals surface area contributed by atoms with Gasteiger partial charge in [-0.1, -0.05) is 0 Å². The van der Waals surface area contributed by atoms with Crippen LogP contribution in [0.3, 0.4) is 0 Å². The molecule has 118 valence electrons. The van der Waals surface area contributed by atoms with E-state index in [0.717, 1.165) is 6.26 Å². The zero-order valence-corrected chi connectivity index (χ0v) is 12.9. The first kappa shape index (κ1) is 15.0. The third kappa shape index (κ3) is 4.04. The normalized spacial score (nSPS) is 11.2. The molecule has 0 unspecified atom stereocenters. The van der Waals surface area contributed by atoms with Crippen LogP contribution in [0.4, 0.5) is 5.69 Å². The summed E-state index contributed by atoms with van der Waals surface area (Å²) in [6.45, 7) is 0. The zero-order chi connectivity index (χ0) is 16.3. The van der Waals surface area contributed by atoms with Gasteiger partial charge in [-0.25, -0.2) is 13.4 Å². The van der Waals surface area contributed by atoms with Crippen LogP contribution in [-0.2, 0) is 10.0 Å². The van der Waals surface area contributed by atoms with Crippen LogP contribution in [0.25, 0.3) is 5.82 Å². The molecule has 1 aromatic carbocycles. The smallest absolute Gasteiger partial charge is 0.238 e. The van der Waals surface area contributed by atoms with Crippen molar-refractivity contribution in [1.29, 1.82) is 0 Å². The number of benzene rings is 1. The summed E-state index contributed by atoms with van der Waals surface area (Å²) in [6.07, 6.45) is 6.13. The van der Waals surface area contributed by atoms with Crippen molar-refractivity contribution >= 4 is 15.7 Å². The van der Waals surface area contributed by atoms with Crippen LogP contribution in [0.15, 0.2) is 55.1 Å². The Balaban J connectivity index is 1.69. The van der Waals surface area contributed by atoms with Gasteiger partial charge in [0, 0.05) is 24.1 Å². The second-order valence-electron chi connectivity index (χ2n) is 4.70. The molecule has 8 nitrogen and oxygen atoms in total. The van der Waals surface area contributed by atoms with E-state index in [1.54, 1.807) is 59.7 Å². The largest absolute Gasteiger partial charge is 0.438 e. The second kappa shape index (κ2) is 6.05. The number of aromatic nitrogens is 4. The van der Waals surface area contributed by atoms with Crippen molar-refractivity contribution in [3.63, 3.8) is 0 Å². The number of hydrogen-bond donors (Lipinski definition) is 1. The summed E-state index contributed by atoms with van der Waals surface area (Å²) in [4.78, 5) is 3.94. The highest BCUT2D eigenvalue weighted by Gasteiger charge is 2.04. The van der Waals surface area contributed by atoms with Crippen LogP contribution in [0.5, 0.6) is 11.6 Å². The Bertz CT molecular complexity index is 875. The number of ether oxygens (including phenoxy) is 1. The van der Waals surface area contributed by atoms with E-state index >= 15 is 0 Å². The lowest BCUT2D eigenvalue weighted by Crippen LogP contribution is -2.09. The fourth-order valence-electron chi connectivity index (χ4n) is 1.83.